The number of carbonyl (C=O) groups is 2. The van der Waals surface area contributed by atoms with E-state index < -0.39 is 0 Å². The first kappa shape index (κ1) is 18.4. The molecule has 1 aliphatic rings. The Morgan fingerprint density at radius 3 is 2.42 bits per heavy atom. The fourth-order valence-corrected chi connectivity index (χ4v) is 2.74. The van der Waals surface area contributed by atoms with Gasteiger partial charge >= 0.3 is 0 Å². The van der Waals surface area contributed by atoms with Crippen molar-refractivity contribution in [1.29, 1.82) is 0 Å². The van der Waals surface area contributed by atoms with Gasteiger partial charge in [0.2, 0.25) is 5.91 Å². The van der Waals surface area contributed by atoms with E-state index in [9.17, 15) is 9.59 Å². The summed E-state index contributed by atoms with van der Waals surface area (Å²) in [6.45, 7) is -0.209. The summed E-state index contributed by atoms with van der Waals surface area (Å²) >= 11 is 11.9. The molecule has 4 N–H and O–H groups in total. The van der Waals surface area contributed by atoms with Crippen LogP contribution < -0.4 is 21.1 Å². The van der Waals surface area contributed by atoms with Crippen molar-refractivity contribution in [3.63, 3.8) is 0 Å². The highest BCUT2D eigenvalue weighted by Gasteiger charge is 2.29. The number of benzene rings is 2. The van der Waals surface area contributed by atoms with Gasteiger partial charge in [-0.3, -0.25) is 9.59 Å². The standard InChI is InChI=1S/C18H17Cl2N3O3/c19-14-7-12(8-15(20)17(14)21)22-16(24)9-26-13-3-1-2-11(6-13)23-18(25)10-4-5-10/h1-3,6-8,10H,4-5,9,21H2,(H,22,24)(H,23,25). The van der Waals surface area contributed by atoms with Gasteiger partial charge in [0.25, 0.3) is 5.91 Å². The number of nitrogens with two attached hydrogens (primary N) is 1. The molecule has 8 heteroatoms. The minimum absolute atomic E-state index is 0.0111. The average molecular weight is 394 g/mol. The average Bonchev–Trinajstić information content (AvgIpc) is 3.43. The molecule has 3 rings (SSSR count). The highest BCUT2D eigenvalue weighted by atomic mass is 35.5. The number of nitrogens with one attached hydrogen (secondary N) is 2. The van der Waals surface area contributed by atoms with Gasteiger partial charge in [0.15, 0.2) is 6.61 Å². The van der Waals surface area contributed by atoms with Gasteiger partial charge < -0.3 is 21.1 Å². The van der Waals surface area contributed by atoms with Gasteiger partial charge in [-0.2, -0.15) is 0 Å². The number of halogens is 2. The van der Waals surface area contributed by atoms with E-state index >= 15 is 0 Å². The van der Waals surface area contributed by atoms with Crippen LogP contribution in [-0.2, 0) is 9.59 Å². The third-order valence-electron chi connectivity index (χ3n) is 3.78. The van der Waals surface area contributed by atoms with E-state index in [2.05, 4.69) is 10.6 Å². The third kappa shape index (κ3) is 4.80. The van der Waals surface area contributed by atoms with Gasteiger partial charge in [0.1, 0.15) is 5.75 Å². The number of amides is 2. The number of nitrogen functional groups attached to an aromatic ring is 1. The topological polar surface area (TPSA) is 93.4 Å². The minimum Gasteiger partial charge on any atom is -0.484 e. The van der Waals surface area contributed by atoms with Crippen molar-refractivity contribution >= 4 is 52.1 Å². The Morgan fingerprint density at radius 1 is 1.08 bits per heavy atom. The summed E-state index contributed by atoms with van der Waals surface area (Å²) in [5.74, 6) is 0.220. The predicted octanol–water partition coefficient (Wildman–Crippen LogP) is 3.94. The van der Waals surface area contributed by atoms with Crippen LogP contribution in [0, 0.1) is 5.92 Å². The number of carbonyl (C=O) groups excluding carboxylic acids is 2. The zero-order valence-electron chi connectivity index (χ0n) is 13.7. The summed E-state index contributed by atoms with van der Waals surface area (Å²) in [4.78, 5) is 23.8. The maximum absolute atomic E-state index is 12.0. The van der Waals surface area contributed by atoms with Crippen molar-refractivity contribution in [3.05, 3.63) is 46.4 Å². The van der Waals surface area contributed by atoms with Crippen molar-refractivity contribution < 1.29 is 14.3 Å². The van der Waals surface area contributed by atoms with E-state index in [-0.39, 0.29) is 40.1 Å². The van der Waals surface area contributed by atoms with Crippen molar-refractivity contribution in [2.75, 3.05) is 23.0 Å². The molecule has 0 heterocycles. The molecule has 2 amide bonds. The molecule has 2 aromatic rings. The van der Waals surface area contributed by atoms with Crippen LogP contribution in [0.5, 0.6) is 5.75 Å². The molecule has 1 saturated carbocycles. The first-order chi connectivity index (χ1) is 12.4. The lowest BCUT2D eigenvalue weighted by molar-refractivity contribution is -0.118. The Labute approximate surface area is 160 Å². The van der Waals surface area contributed by atoms with Crippen LogP contribution in [0.3, 0.4) is 0 Å². The summed E-state index contributed by atoms with van der Waals surface area (Å²) in [7, 11) is 0. The summed E-state index contributed by atoms with van der Waals surface area (Å²) in [5.41, 5.74) is 6.97. The maximum Gasteiger partial charge on any atom is 0.262 e. The molecule has 0 atom stereocenters. The molecule has 1 aliphatic carbocycles. The van der Waals surface area contributed by atoms with Gasteiger partial charge in [-0.05, 0) is 37.1 Å². The summed E-state index contributed by atoms with van der Waals surface area (Å²) in [5, 5.41) is 5.98. The van der Waals surface area contributed by atoms with E-state index in [1.54, 1.807) is 24.3 Å². The lowest BCUT2D eigenvalue weighted by atomic mass is 10.2. The van der Waals surface area contributed by atoms with Crippen LogP contribution in [0.1, 0.15) is 12.8 Å². The second-order valence-electron chi connectivity index (χ2n) is 5.98. The normalized spacial score (nSPS) is 13.2. The Kier molecular flexibility index (Phi) is 5.54. The van der Waals surface area contributed by atoms with Gasteiger partial charge in [0.05, 0.1) is 15.7 Å². The van der Waals surface area contributed by atoms with Crippen LogP contribution in [0.2, 0.25) is 10.0 Å². The van der Waals surface area contributed by atoms with E-state index in [1.807, 2.05) is 0 Å². The van der Waals surface area contributed by atoms with Crippen molar-refractivity contribution in [3.8, 4) is 5.75 Å². The van der Waals surface area contributed by atoms with Crippen molar-refractivity contribution in [2.24, 2.45) is 5.92 Å². The Bertz CT molecular complexity index is 830. The molecule has 0 bridgehead atoms. The van der Waals surface area contributed by atoms with Crippen molar-refractivity contribution in [1.82, 2.24) is 0 Å². The molecular formula is C18H17Cl2N3O3. The van der Waals surface area contributed by atoms with Crippen LogP contribution in [-0.4, -0.2) is 18.4 Å². The lowest BCUT2D eigenvalue weighted by Gasteiger charge is -2.11. The largest absolute Gasteiger partial charge is 0.484 e. The number of ether oxygens (including phenoxy) is 1. The molecule has 0 radical (unpaired) electrons. The maximum atomic E-state index is 12.0. The van der Waals surface area contributed by atoms with Crippen LogP contribution in [0.15, 0.2) is 36.4 Å². The number of hydrogen-bond acceptors (Lipinski definition) is 4. The molecule has 0 unspecified atom stereocenters. The zero-order chi connectivity index (χ0) is 18.7. The minimum atomic E-state index is -0.380. The first-order valence-corrected chi connectivity index (χ1v) is 8.76. The lowest BCUT2D eigenvalue weighted by Crippen LogP contribution is -2.20. The van der Waals surface area contributed by atoms with Crippen LogP contribution in [0.25, 0.3) is 0 Å². The molecule has 0 spiro atoms. The van der Waals surface area contributed by atoms with E-state index in [0.29, 0.717) is 17.1 Å². The van der Waals surface area contributed by atoms with E-state index in [0.717, 1.165) is 12.8 Å². The molecule has 0 aromatic heterocycles. The Balaban J connectivity index is 1.55. The highest BCUT2D eigenvalue weighted by molar-refractivity contribution is 6.39. The van der Waals surface area contributed by atoms with Crippen molar-refractivity contribution in [2.45, 2.75) is 12.8 Å². The molecule has 26 heavy (non-hydrogen) atoms. The summed E-state index contributed by atoms with van der Waals surface area (Å²) in [6, 6.07) is 9.91. The van der Waals surface area contributed by atoms with Crippen LogP contribution in [0.4, 0.5) is 17.1 Å². The summed E-state index contributed by atoms with van der Waals surface area (Å²) < 4.78 is 5.47. The van der Waals surface area contributed by atoms with Gasteiger partial charge in [-0.25, -0.2) is 0 Å². The Hall–Kier alpha value is -2.44. The molecule has 0 aliphatic heterocycles. The van der Waals surface area contributed by atoms with Gasteiger partial charge in [0, 0.05) is 23.4 Å². The molecule has 1 fully saturated rings. The molecular weight excluding hydrogens is 377 g/mol. The second kappa shape index (κ2) is 7.85. The van der Waals surface area contributed by atoms with Gasteiger partial charge in [-0.15, -0.1) is 0 Å². The quantitative estimate of drug-likeness (QED) is 0.647. The van der Waals surface area contributed by atoms with Gasteiger partial charge in [-0.1, -0.05) is 29.3 Å². The van der Waals surface area contributed by atoms with E-state index in [1.165, 1.54) is 12.1 Å². The smallest absolute Gasteiger partial charge is 0.262 e. The number of hydrogen-bond donors (Lipinski definition) is 3. The SMILES string of the molecule is Nc1c(Cl)cc(NC(=O)COc2cccc(NC(=O)C3CC3)c2)cc1Cl. The first-order valence-electron chi connectivity index (χ1n) is 8.00. The fraction of sp³-hybridized carbons (Fsp3) is 0.222. The zero-order valence-corrected chi connectivity index (χ0v) is 15.2. The number of rotatable bonds is 6. The number of anilines is 3. The highest BCUT2D eigenvalue weighted by Crippen LogP contribution is 2.31. The predicted molar refractivity (Wildman–Crippen MR) is 103 cm³/mol. The Morgan fingerprint density at radius 2 is 1.77 bits per heavy atom. The molecule has 136 valence electrons. The monoisotopic (exact) mass is 393 g/mol. The fourth-order valence-electron chi connectivity index (χ4n) is 2.26. The molecule has 0 saturated heterocycles. The van der Waals surface area contributed by atoms with Crippen LogP contribution >= 0.6 is 23.2 Å². The third-order valence-corrected chi connectivity index (χ3v) is 4.41. The summed E-state index contributed by atoms with van der Waals surface area (Å²) in [6.07, 6.45) is 1.86. The second-order valence-corrected chi connectivity index (χ2v) is 6.80. The molecule has 2 aromatic carbocycles. The molecule has 6 nitrogen and oxygen atoms in total. The van der Waals surface area contributed by atoms with E-state index in [4.69, 9.17) is 33.7 Å².